The molecule has 0 aliphatic carbocycles. The zero-order chi connectivity index (χ0) is 19.4. The van der Waals surface area contributed by atoms with Gasteiger partial charge in [-0.25, -0.2) is 0 Å². The second-order valence-corrected chi connectivity index (χ2v) is 6.40. The van der Waals surface area contributed by atoms with Crippen molar-refractivity contribution in [1.29, 1.82) is 0 Å². The fraction of sp³-hybridized carbons (Fsp3) is 0.368. The van der Waals surface area contributed by atoms with Crippen molar-refractivity contribution in [2.24, 2.45) is 0 Å². The second kappa shape index (κ2) is 8.30. The summed E-state index contributed by atoms with van der Waals surface area (Å²) in [5.41, 5.74) is 0.352. The van der Waals surface area contributed by atoms with Crippen molar-refractivity contribution in [2.45, 2.75) is 46.5 Å². The zero-order valence-electron chi connectivity index (χ0n) is 15.4. The van der Waals surface area contributed by atoms with Gasteiger partial charge in [0.25, 0.3) is 0 Å². The Labute approximate surface area is 155 Å². The van der Waals surface area contributed by atoms with Crippen molar-refractivity contribution in [3.05, 3.63) is 53.8 Å². The number of para-hydroxylation sites is 1. The third-order valence-electron chi connectivity index (χ3n) is 4.04. The van der Waals surface area contributed by atoms with Crippen molar-refractivity contribution >= 4 is 0 Å². The van der Waals surface area contributed by atoms with E-state index < -0.39 is 6.61 Å². The van der Waals surface area contributed by atoms with Crippen LogP contribution in [0.4, 0.5) is 8.78 Å². The standard InChI is InChI=1S/C19H21F2N3O3/c1-12(2)24(10-14-9-8-13(3)25-14)11-17-22-18(23-27-17)15-6-4-5-7-16(15)26-19(20)21/h4-9,12,19H,10-11H2,1-3H3. The van der Waals surface area contributed by atoms with E-state index in [1.165, 1.54) is 6.07 Å². The largest absolute Gasteiger partial charge is 0.465 e. The molecule has 2 heterocycles. The Hall–Kier alpha value is -2.74. The van der Waals surface area contributed by atoms with Gasteiger partial charge in [-0.15, -0.1) is 0 Å². The first kappa shape index (κ1) is 19.0. The molecular weight excluding hydrogens is 356 g/mol. The Morgan fingerprint density at radius 2 is 1.89 bits per heavy atom. The summed E-state index contributed by atoms with van der Waals surface area (Å²) < 4.78 is 40.7. The number of rotatable bonds is 8. The number of furan rings is 1. The summed E-state index contributed by atoms with van der Waals surface area (Å²) in [7, 11) is 0. The average molecular weight is 377 g/mol. The molecule has 144 valence electrons. The Morgan fingerprint density at radius 3 is 2.56 bits per heavy atom. The molecule has 0 N–H and O–H groups in total. The fourth-order valence-corrected chi connectivity index (χ4v) is 2.64. The van der Waals surface area contributed by atoms with E-state index in [1.807, 2.05) is 19.1 Å². The number of halogens is 2. The Balaban J connectivity index is 1.76. The molecule has 6 nitrogen and oxygen atoms in total. The third-order valence-corrected chi connectivity index (χ3v) is 4.04. The molecule has 0 saturated carbocycles. The summed E-state index contributed by atoms with van der Waals surface area (Å²) in [4.78, 5) is 6.45. The Morgan fingerprint density at radius 1 is 1.11 bits per heavy atom. The predicted octanol–water partition coefficient (Wildman–Crippen LogP) is 4.65. The summed E-state index contributed by atoms with van der Waals surface area (Å²) in [6.07, 6.45) is 0. The monoisotopic (exact) mass is 377 g/mol. The van der Waals surface area contributed by atoms with E-state index in [0.29, 0.717) is 24.5 Å². The van der Waals surface area contributed by atoms with Gasteiger partial charge in [-0.2, -0.15) is 13.8 Å². The highest BCUT2D eigenvalue weighted by molar-refractivity contribution is 5.63. The maximum atomic E-state index is 12.6. The first-order valence-corrected chi connectivity index (χ1v) is 8.58. The van der Waals surface area contributed by atoms with Crippen molar-refractivity contribution < 1.29 is 22.5 Å². The van der Waals surface area contributed by atoms with E-state index in [4.69, 9.17) is 8.94 Å². The number of nitrogens with zero attached hydrogens (tertiary/aromatic N) is 3. The summed E-state index contributed by atoms with van der Waals surface area (Å²) in [6.45, 7) is 4.08. The molecule has 27 heavy (non-hydrogen) atoms. The minimum absolute atomic E-state index is 0.00614. The van der Waals surface area contributed by atoms with Crippen LogP contribution in [-0.4, -0.2) is 27.7 Å². The first-order valence-electron chi connectivity index (χ1n) is 8.58. The highest BCUT2D eigenvalue weighted by Crippen LogP contribution is 2.29. The molecule has 0 radical (unpaired) electrons. The Kier molecular flexibility index (Phi) is 5.85. The molecule has 0 atom stereocenters. The van der Waals surface area contributed by atoms with Crippen LogP contribution in [-0.2, 0) is 13.1 Å². The molecular formula is C19H21F2N3O3. The number of aryl methyl sites for hydroxylation is 1. The molecule has 0 aliphatic heterocycles. The van der Waals surface area contributed by atoms with Crippen LogP contribution in [0, 0.1) is 6.92 Å². The number of hydrogen-bond acceptors (Lipinski definition) is 6. The van der Waals surface area contributed by atoms with Gasteiger partial charge in [-0.1, -0.05) is 17.3 Å². The van der Waals surface area contributed by atoms with Crippen LogP contribution in [0.25, 0.3) is 11.4 Å². The zero-order valence-corrected chi connectivity index (χ0v) is 15.4. The minimum atomic E-state index is -2.93. The van der Waals surface area contributed by atoms with E-state index in [-0.39, 0.29) is 17.6 Å². The molecule has 8 heteroatoms. The normalized spacial score (nSPS) is 11.7. The smallest absolute Gasteiger partial charge is 0.387 e. The van der Waals surface area contributed by atoms with Gasteiger partial charge in [-0.3, -0.25) is 4.90 Å². The summed E-state index contributed by atoms with van der Waals surface area (Å²) in [6, 6.07) is 10.4. The van der Waals surface area contributed by atoms with Crippen LogP contribution in [0.5, 0.6) is 5.75 Å². The van der Waals surface area contributed by atoms with E-state index in [9.17, 15) is 8.78 Å². The van der Waals surface area contributed by atoms with E-state index >= 15 is 0 Å². The Bertz CT molecular complexity index is 876. The maximum absolute atomic E-state index is 12.6. The van der Waals surface area contributed by atoms with E-state index in [1.54, 1.807) is 18.2 Å². The lowest BCUT2D eigenvalue weighted by molar-refractivity contribution is -0.0494. The van der Waals surface area contributed by atoms with Crippen LogP contribution in [0.15, 0.2) is 45.3 Å². The molecule has 2 aromatic heterocycles. The van der Waals surface area contributed by atoms with Crippen molar-refractivity contribution in [1.82, 2.24) is 15.0 Å². The van der Waals surface area contributed by atoms with Crippen molar-refractivity contribution in [3.8, 4) is 17.1 Å². The van der Waals surface area contributed by atoms with Crippen molar-refractivity contribution in [3.63, 3.8) is 0 Å². The summed E-state index contributed by atoms with van der Waals surface area (Å²) in [5.74, 6) is 2.29. The molecule has 3 aromatic rings. The molecule has 0 bridgehead atoms. The van der Waals surface area contributed by atoms with Gasteiger partial charge < -0.3 is 13.7 Å². The summed E-state index contributed by atoms with van der Waals surface area (Å²) >= 11 is 0. The number of aromatic nitrogens is 2. The lowest BCUT2D eigenvalue weighted by Crippen LogP contribution is -2.29. The second-order valence-electron chi connectivity index (χ2n) is 6.40. The number of ether oxygens (including phenoxy) is 1. The van der Waals surface area contributed by atoms with Crippen LogP contribution >= 0.6 is 0 Å². The predicted molar refractivity (Wildman–Crippen MR) is 94.2 cm³/mol. The van der Waals surface area contributed by atoms with Gasteiger partial charge in [0.15, 0.2) is 0 Å². The topological polar surface area (TPSA) is 64.5 Å². The number of hydrogen-bond donors (Lipinski definition) is 0. The molecule has 0 unspecified atom stereocenters. The van der Waals surface area contributed by atoms with E-state index in [2.05, 4.69) is 33.6 Å². The van der Waals surface area contributed by atoms with Crippen LogP contribution < -0.4 is 4.74 Å². The van der Waals surface area contributed by atoms with Gasteiger partial charge in [0.1, 0.15) is 17.3 Å². The fourth-order valence-electron chi connectivity index (χ4n) is 2.64. The van der Waals surface area contributed by atoms with Crippen LogP contribution in [0.3, 0.4) is 0 Å². The molecule has 0 fully saturated rings. The van der Waals surface area contributed by atoms with Crippen LogP contribution in [0.2, 0.25) is 0 Å². The quantitative estimate of drug-likeness (QED) is 0.569. The highest BCUT2D eigenvalue weighted by atomic mass is 19.3. The van der Waals surface area contributed by atoms with Gasteiger partial charge in [0.2, 0.25) is 11.7 Å². The van der Waals surface area contributed by atoms with Gasteiger partial charge >= 0.3 is 6.61 Å². The molecule has 3 rings (SSSR count). The van der Waals surface area contributed by atoms with E-state index in [0.717, 1.165) is 11.5 Å². The molecule has 0 amide bonds. The van der Waals surface area contributed by atoms with Gasteiger partial charge in [0.05, 0.1) is 18.7 Å². The lowest BCUT2D eigenvalue weighted by atomic mass is 10.2. The average Bonchev–Trinajstić information content (AvgIpc) is 3.23. The van der Waals surface area contributed by atoms with Crippen LogP contribution in [0.1, 0.15) is 31.3 Å². The van der Waals surface area contributed by atoms with Gasteiger partial charge in [0, 0.05) is 6.04 Å². The highest BCUT2D eigenvalue weighted by Gasteiger charge is 2.19. The maximum Gasteiger partial charge on any atom is 0.387 e. The minimum Gasteiger partial charge on any atom is -0.465 e. The van der Waals surface area contributed by atoms with Gasteiger partial charge in [-0.05, 0) is 45.0 Å². The lowest BCUT2D eigenvalue weighted by Gasteiger charge is -2.23. The molecule has 0 aliphatic rings. The molecule has 0 spiro atoms. The first-order chi connectivity index (χ1) is 12.9. The molecule has 1 aromatic carbocycles. The summed E-state index contributed by atoms with van der Waals surface area (Å²) in [5, 5.41) is 3.92. The number of benzene rings is 1. The van der Waals surface area contributed by atoms with Crippen molar-refractivity contribution in [2.75, 3.05) is 0 Å². The molecule has 0 saturated heterocycles. The SMILES string of the molecule is Cc1ccc(CN(Cc2nc(-c3ccccc3OC(F)F)no2)C(C)C)o1. The third kappa shape index (κ3) is 4.91. The number of alkyl halides is 2.